The summed E-state index contributed by atoms with van der Waals surface area (Å²) in [6.45, 7) is 2.01. The smallest absolute Gasteiger partial charge is 0.123 e. The molecular weight excluding hydrogens is 219 g/mol. The monoisotopic (exact) mass is 232 g/mol. The second kappa shape index (κ2) is 3.70. The third-order valence-corrected chi connectivity index (χ3v) is 4.22. The van der Waals surface area contributed by atoms with Crippen LogP contribution in [-0.2, 0) is 12.8 Å². The Bertz CT molecular complexity index is 540. The molecule has 1 aromatic heterocycles. The molecule has 0 N–H and O–H groups in total. The fourth-order valence-electron chi connectivity index (χ4n) is 2.56. The molecule has 3 rings (SSSR count). The van der Waals surface area contributed by atoms with Gasteiger partial charge in [-0.3, -0.25) is 0 Å². The summed E-state index contributed by atoms with van der Waals surface area (Å²) in [4.78, 5) is 1.35. The summed E-state index contributed by atoms with van der Waals surface area (Å²) in [6.07, 6.45) is 3.24. The van der Waals surface area contributed by atoms with Gasteiger partial charge in [-0.2, -0.15) is 0 Å². The standard InChI is InChI=1S/C14H13FS/c1-9-7-12(15)8-11-4-2-3-10-5-6-16-14(10)13(9)11/h5-8H,2-4H2,1H3. The van der Waals surface area contributed by atoms with Crippen molar-refractivity contribution in [3.8, 4) is 10.4 Å². The Morgan fingerprint density at radius 1 is 1.19 bits per heavy atom. The Hall–Kier alpha value is -1.15. The minimum atomic E-state index is -0.101. The van der Waals surface area contributed by atoms with E-state index in [0.29, 0.717) is 0 Å². The highest BCUT2D eigenvalue weighted by Gasteiger charge is 2.18. The Morgan fingerprint density at radius 3 is 2.88 bits per heavy atom. The minimum absolute atomic E-state index is 0.101. The maximum Gasteiger partial charge on any atom is 0.123 e. The average molecular weight is 232 g/mol. The van der Waals surface area contributed by atoms with E-state index in [1.54, 1.807) is 23.5 Å². The molecule has 82 valence electrons. The molecule has 16 heavy (non-hydrogen) atoms. The van der Waals surface area contributed by atoms with Crippen molar-refractivity contribution in [1.82, 2.24) is 0 Å². The molecule has 0 atom stereocenters. The predicted octanol–water partition coefficient (Wildman–Crippen LogP) is 4.35. The topological polar surface area (TPSA) is 0 Å². The average Bonchev–Trinajstić information content (AvgIpc) is 2.59. The lowest BCUT2D eigenvalue weighted by Gasteiger charge is -2.09. The molecule has 0 amide bonds. The molecular formula is C14H13FS. The maximum atomic E-state index is 13.4. The highest BCUT2D eigenvalue weighted by molar-refractivity contribution is 7.13. The van der Waals surface area contributed by atoms with E-state index in [1.807, 2.05) is 6.92 Å². The van der Waals surface area contributed by atoms with Gasteiger partial charge in [0.05, 0.1) is 0 Å². The predicted molar refractivity (Wildman–Crippen MR) is 66.5 cm³/mol. The van der Waals surface area contributed by atoms with Crippen molar-refractivity contribution in [1.29, 1.82) is 0 Å². The van der Waals surface area contributed by atoms with Crippen molar-refractivity contribution in [2.45, 2.75) is 26.2 Å². The quantitative estimate of drug-likeness (QED) is 0.633. The van der Waals surface area contributed by atoms with Crippen LogP contribution in [0.15, 0.2) is 23.6 Å². The summed E-state index contributed by atoms with van der Waals surface area (Å²) in [7, 11) is 0. The Kier molecular flexibility index (Phi) is 2.32. The largest absolute Gasteiger partial charge is 0.207 e. The van der Waals surface area contributed by atoms with E-state index in [4.69, 9.17) is 0 Å². The van der Waals surface area contributed by atoms with Crippen LogP contribution in [0.25, 0.3) is 10.4 Å². The molecule has 0 saturated heterocycles. The summed E-state index contributed by atoms with van der Waals surface area (Å²) in [5.41, 5.74) is 4.96. The summed E-state index contributed by atoms with van der Waals surface area (Å²) in [5, 5.41) is 2.14. The molecule has 0 unspecified atom stereocenters. The van der Waals surface area contributed by atoms with E-state index >= 15 is 0 Å². The molecule has 1 heterocycles. The molecule has 0 spiro atoms. The van der Waals surface area contributed by atoms with Crippen LogP contribution in [0.3, 0.4) is 0 Å². The number of halogens is 1. The van der Waals surface area contributed by atoms with Gasteiger partial charge in [0, 0.05) is 4.88 Å². The van der Waals surface area contributed by atoms with Gasteiger partial charge in [0.25, 0.3) is 0 Å². The number of thiophene rings is 1. The number of benzene rings is 1. The summed E-state index contributed by atoms with van der Waals surface area (Å²) < 4.78 is 13.4. The molecule has 0 radical (unpaired) electrons. The second-order valence-electron chi connectivity index (χ2n) is 4.39. The second-order valence-corrected chi connectivity index (χ2v) is 5.30. The fourth-order valence-corrected chi connectivity index (χ4v) is 3.66. The minimum Gasteiger partial charge on any atom is -0.207 e. The van der Waals surface area contributed by atoms with Crippen LogP contribution in [0.1, 0.15) is 23.1 Å². The van der Waals surface area contributed by atoms with E-state index in [0.717, 1.165) is 24.8 Å². The molecule has 0 nitrogen and oxygen atoms in total. The highest BCUT2D eigenvalue weighted by Crippen LogP contribution is 2.38. The van der Waals surface area contributed by atoms with Crippen molar-refractivity contribution in [3.05, 3.63) is 46.1 Å². The van der Waals surface area contributed by atoms with Crippen molar-refractivity contribution in [2.24, 2.45) is 0 Å². The summed E-state index contributed by atoms with van der Waals surface area (Å²) in [6, 6.07) is 5.56. The van der Waals surface area contributed by atoms with Crippen LogP contribution in [-0.4, -0.2) is 0 Å². The van der Waals surface area contributed by atoms with Crippen molar-refractivity contribution in [3.63, 3.8) is 0 Å². The molecule has 1 aromatic carbocycles. The lowest BCUT2D eigenvalue weighted by molar-refractivity contribution is 0.624. The lowest BCUT2D eigenvalue weighted by Crippen LogP contribution is -1.92. The Balaban J connectivity index is 2.31. The normalized spacial score (nSPS) is 14.1. The van der Waals surface area contributed by atoms with Crippen LogP contribution in [0, 0.1) is 12.7 Å². The number of aryl methyl sites for hydroxylation is 3. The van der Waals surface area contributed by atoms with E-state index in [9.17, 15) is 4.39 Å². The molecule has 1 aliphatic rings. The van der Waals surface area contributed by atoms with E-state index < -0.39 is 0 Å². The summed E-state index contributed by atoms with van der Waals surface area (Å²) >= 11 is 1.78. The van der Waals surface area contributed by atoms with Crippen LogP contribution in [0.4, 0.5) is 4.39 Å². The lowest BCUT2D eigenvalue weighted by atomic mass is 9.98. The third kappa shape index (κ3) is 1.49. The van der Waals surface area contributed by atoms with E-state index in [1.165, 1.54) is 21.6 Å². The molecule has 2 heteroatoms. The zero-order chi connectivity index (χ0) is 11.1. The molecule has 0 aliphatic heterocycles. The van der Waals surface area contributed by atoms with Gasteiger partial charge in [-0.1, -0.05) is 0 Å². The Labute approximate surface area is 98.7 Å². The van der Waals surface area contributed by atoms with E-state index in [-0.39, 0.29) is 5.82 Å². The van der Waals surface area contributed by atoms with Gasteiger partial charge < -0.3 is 0 Å². The third-order valence-electron chi connectivity index (χ3n) is 3.25. The fraction of sp³-hybridized carbons (Fsp3) is 0.286. The van der Waals surface area contributed by atoms with Gasteiger partial charge in [0.1, 0.15) is 5.82 Å². The SMILES string of the molecule is Cc1cc(F)cc2c1-c1sccc1CCC2. The van der Waals surface area contributed by atoms with Gasteiger partial charge in [0.15, 0.2) is 0 Å². The number of fused-ring (bicyclic) bond motifs is 3. The summed E-state index contributed by atoms with van der Waals surface area (Å²) in [5.74, 6) is -0.101. The first-order chi connectivity index (χ1) is 7.75. The van der Waals surface area contributed by atoms with Crippen LogP contribution in [0.2, 0.25) is 0 Å². The molecule has 1 aliphatic carbocycles. The van der Waals surface area contributed by atoms with Crippen molar-refractivity contribution < 1.29 is 4.39 Å². The van der Waals surface area contributed by atoms with Crippen LogP contribution in [0.5, 0.6) is 0 Å². The van der Waals surface area contributed by atoms with Gasteiger partial charge in [-0.05, 0) is 72.0 Å². The molecule has 2 aromatic rings. The first kappa shape index (κ1) is 10.0. The van der Waals surface area contributed by atoms with Crippen LogP contribution >= 0.6 is 11.3 Å². The number of rotatable bonds is 0. The van der Waals surface area contributed by atoms with Crippen LogP contribution < -0.4 is 0 Å². The van der Waals surface area contributed by atoms with Crippen molar-refractivity contribution >= 4 is 11.3 Å². The molecule has 0 bridgehead atoms. The zero-order valence-corrected chi connectivity index (χ0v) is 10.0. The first-order valence-electron chi connectivity index (χ1n) is 5.61. The Morgan fingerprint density at radius 2 is 2.00 bits per heavy atom. The first-order valence-corrected chi connectivity index (χ1v) is 6.49. The van der Waals surface area contributed by atoms with Crippen molar-refractivity contribution in [2.75, 3.05) is 0 Å². The van der Waals surface area contributed by atoms with Gasteiger partial charge in [0.2, 0.25) is 0 Å². The maximum absolute atomic E-state index is 13.4. The van der Waals surface area contributed by atoms with Gasteiger partial charge in [-0.15, -0.1) is 11.3 Å². The van der Waals surface area contributed by atoms with Gasteiger partial charge >= 0.3 is 0 Å². The highest BCUT2D eigenvalue weighted by atomic mass is 32.1. The number of hydrogen-bond donors (Lipinski definition) is 0. The number of hydrogen-bond acceptors (Lipinski definition) is 1. The van der Waals surface area contributed by atoms with Gasteiger partial charge in [-0.25, -0.2) is 4.39 Å². The molecule has 0 saturated carbocycles. The molecule has 0 fully saturated rings. The zero-order valence-electron chi connectivity index (χ0n) is 9.22. The van der Waals surface area contributed by atoms with E-state index in [2.05, 4.69) is 11.4 Å².